The van der Waals surface area contributed by atoms with Crippen LogP contribution in [-0.2, 0) is 0 Å². The summed E-state index contributed by atoms with van der Waals surface area (Å²) in [5, 5.41) is 9.53. The van der Waals surface area contributed by atoms with Crippen LogP contribution in [0, 0.1) is 25.2 Å². The van der Waals surface area contributed by atoms with Gasteiger partial charge in [-0.2, -0.15) is 5.26 Å². The van der Waals surface area contributed by atoms with Crippen molar-refractivity contribution in [3.05, 3.63) is 89.0 Å². The molecule has 26 heavy (non-hydrogen) atoms. The molecule has 0 aliphatic carbocycles. The molecule has 0 spiro atoms. The lowest BCUT2D eigenvalue weighted by molar-refractivity contribution is 0.524. The van der Waals surface area contributed by atoms with Crippen LogP contribution in [0.25, 0.3) is 11.1 Å². The van der Waals surface area contributed by atoms with Crippen molar-refractivity contribution in [1.82, 2.24) is 9.79 Å². The summed E-state index contributed by atoms with van der Waals surface area (Å²) in [5.74, 6) is 0. The van der Waals surface area contributed by atoms with Crippen molar-refractivity contribution in [3.63, 3.8) is 0 Å². The first-order valence-corrected chi connectivity index (χ1v) is 8.11. The fourth-order valence-corrected chi connectivity index (χ4v) is 3.07. The average molecular weight is 347 g/mol. The van der Waals surface area contributed by atoms with E-state index in [9.17, 15) is 13.9 Å². The number of benzene rings is 1. The molecule has 1 aromatic carbocycles. The molecular formula is C20H16BF2N3. The van der Waals surface area contributed by atoms with Gasteiger partial charge in [0.15, 0.2) is 0 Å². The highest BCUT2D eigenvalue weighted by Crippen LogP contribution is 2.32. The van der Waals surface area contributed by atoms with Crippen LogP contribution in [0.4, 0.5) is 8.63 Å². The number of aromatic nitrogens is 1. The summed E-state index contributed by atoms with van der Waals surface area (Å²) < 4.78 is 27.5. The third-order valence-electron chi connectivity index (χ3n) is 4.25. The highest BCUT2D eigenvalue weighted by Gasteiger charge is 2.30. The van der Waals surface area contributed by atoms with Gasteiger partial charge in [-0.05, 0) is 54.3 Å². The van der Waals surface area contributed by atoms with E-state index in [1.807, 2.05) is 38.1 Å². The number of pyridine rings is 1. The molecule has 1 aliphatic heterocycles. The SMILES string of the molecule is Cc1cccc(C)c1C1=CN(B(F)F)/C(=C(\C#N)c2ccccn2)C=C1. The fraction of sp³-hybridized carbons (Fsp3) is 0.100. The molecule has 2 heterocycles. The lowest BCUT2D eigenvalue weighted by Crippen LogP contribution is -2.29. The monoisotopic (exact) mass is 347 g/mol. The molecule has 1 aliphatic rings. The number of aryl methyl sites for hydroxylation is 2. The molecule has 0 saturated heterocycles. The molecule has 0 saturated carbocycles. The maximum atomic E-state index is 13.8. The van der Waals surface area contributed by atoms with E-state index in [4.69, 9.17) is 0 Å². The molecule has 6 heteroatoms. The van der Waals surface area contributed by atoms with E-state index in [0.29, 0.717) is 11.3 Å². The molecule has 3 nitrogen and oxygen atoms in total. The first-order chi connectivity index (χ1) is 12.5. The summed E-state index contributed by atoms with van der Waals surface area (Å²) in [7, 11) is -2.78. The van der Waals surface area contributed by atoms with Crippen molar-refractivity contribution in [2.45, 2.75) is 13.8 Å². The first-order valence-electron chi connectivity index (χ1n) is 8.11. The van der Waals surface area contributed by atoms with E-state index in [1.54, 1.807) is 30.4 Å². The van der Waals surface area contributed by atoms with Crippen LogP contribution in [0.3, 0.4) is 0 Å². The predicted octanol–water partition coefficient (Wildman–Crippen LogP) is 4.77. The molecule has 0 radical (unpaired) electrons. The second-order valence-electron chi connectivity index (χ2n) is 5.96. The molecule has 0 amide bonds. The second-order valence-corrected chi connectivity index (χ2v) is 5.96. The normalized spacial score (nSPS) is 15.3. The quantitative estimate of drug-likeness (QED) is 0.593. The van der Waals surface area contributed by atoms with Gasteiger partial charge in [0, 0.05) is 12.4 Å². The minimum atomic E-state index is -2.78. The summed E-state index contributed by atoms with van der Waals surface area (Å²) >= 11 is 0. The van der Waals surface area contributed by atoms with Crippen molar-refractivity contribution >= 4 is 18.5 Å². The lowest BCUT2D eigenvalue weighted by atomic mass is 9.92. The predicted molar refractivity (Wildman–Crippen MR) is 99.6 cm³/mol. The van der Waals surface area contributed by atoms with Crippen molar-refractivity contribution in [2.24, 2.45) is 0 Å². The lowest BCUT2D eigenvalue weighted by Gasteiger charge is -2.26. The van der Waals surface area contributed by atoms with Gasteiger partial charge in [0.1, 0.15) is 11.6 Å². The van der Waals surface area contributed by atoms with Crippen molar-refractivity contribution < 1.29 is 8.63 Å². The van der Waals surface area contributed by atoms with Gasteiger partial charge in [-0.25, -0.2) is 0 Å². The number of hydrogen-bond donors (Lipinski definition) is 0. The number of allylic oxidation sites excluding steroid dienone is 4. The van der Waals surface area contributed by atoms with Gasteiger partial charge in [-0.1, -0.05) is 30.3 Å². The number of nitriles is 1. The van der Waals surface area contributed by atoms with Crippen molar-refractivity contribution in [1.29, 1.82) is 5.26 Å². The Bertz CT molecular complexity index is 937. The Labute approximate surface area is 151 Å². The zero-order chi connectivity index (χ0) is 18.7. The number of hydrogen-bond acceptors (Lipinski definition) is 3. The fourth-order valence-electron chi connectivity index (χ4n) is 3.07. The van der Waals surface area contributed by atoms with Gasteiger partial charge < -0.3 is 4.81 Å². The van der Waals surface area contributed by atoms with Crippen molar-refractivity contribution in [3.8, 4) is 6.07 Å². The Morgan fingerprint density at radius 1 is 1.08 bits per heavy atom. The zero-order valence-corrected chi connectivity index (χ0v) is 14.4. The summed E-state index contributed by atoms with van der Waals surface area (Å²) in [6, 6.07) is 12.9. The van der Waals surface area contributed by atoms with Crippen LogP contribution in [0.15, 0.2) is 66.6 Å². The third-order valence-corrected chi connectivity index (χ3v) is 4.25. The molecule has 0 N–H and O–H groups in total. The Morgan fingerprint density at radius 3 is 2.38 bits per heavy atom. The Hall–Kier alpha value is -3.20. The summed E-state index contributed by atoms with van der Waals surface area (Å²) in [6.07, 6.45) is 6.25. The van der Waals surface area contributed by atoms with Gasteiger partial charge in [0.05, 0.1) is 11.4 Å². The number of nitrogens with zero attached hydrogens (tertiary/aromatic N) is 3. The van der Waals surface area contributed by atoms with Crippen LogP contribution < -0.4 is 0 Å². The molecule has 2 aromatic rings. The minimum Gasteiger partial charge on any atom is -0.330 e. The van der Waals surface area contributed by atoms with E-state index in [2.05, 4.69) is 4.98 Å². The van der Waals surface area contributed by atoms with E-state index in [1.165, 1.54) is 12.4 Å². The van der Waals surface area contributed by atoms with Crippen LogP contribution >= 0.6 is 0 Å². The Balaban J connectivity index is 2.14. The van der Waals surface area contributed by atoms with Gasteiger partial charge in [-0.15, -0.1) is 0 Å². The molecule has 0 unspecified atom stereocenters. The third kappa shape index (κ3) is 3.29. The van der Waals surface area contributed by atoms with E-state index in [0.717, 1.165) is 21.5 Å². The van der Waals surface area contributed by atoms with E-state index < -0.39 is 7.40 Å². The molecule has 0 atom stereocenters. The Morgan fingerprint density at radius 2 is 1.81 bits per heavy atom. The van der Waals surface area contributed by atoms with Gasteiger partial charge in [-0.3, -0.25) is 13.6 Å². The second kappa shape index (κ2) is 7.36. The van der Waals surface area contributed by atoms with Gasteiger partial charge in [0.2, 0.25) is 0 Å². The smallest absolute Gasteiger partial charge is 0.330 e. The van der Waals surface area contributed by atoms with E-state index in [-0.39, 0.29) is 11.3 Å². The maximum absolute atomic E-state index is 13.8. The summed E-state index contributed by atoms with van der Waals surface area (Å²) in [6.45, 7) is 3.90. The summed E-state index contributed by atoms with van der Waals surface area (Å²) in [5.41, 5.74) is 4.23. The molecule has 3 rings (SSSR count). The highest BCUT2D eigenvalue weighted by atomic mass is 19.2. The van der Waals surface area contributed by atoms with Crippen LogP contribution in [-0.4, -0.2) is 17.2 Å². The van der Waals surface area contributed by atoms with Gasteiger partial charge >= 0.3 is 7.40 Å². The van der Waals surface area contributed by atoms with Crippen LogP contribution in [0.2, 0.25) is 0 Å². The highest BCUT2D eigenvalue weighted by molar-refractivity contribution is 6.41. The maximum Gasteiger partial charge on any atom is 0.677 e. The minimum absolute atomic E-state index is 0.110. The average Bonchev–Trinajstić information content (AvgIpc) is 2.64. The van der Waals surface area contributed by atoms with Crippen LogP contribution in [0.1, 0.15) is 22.4 Å². The number of halogens is 2. The Kier molecular flexibility index (Phi) is 4.99. The molecule has 1 aromatic heterocycles. The molecule has 0 bridgehead atoms. The van der Waals surface area contributed by atoms with E-state index >= 15 is 0 Å². The molecular weight excluding hydrogens is 331 g/mol. The standard InChI is InChI=1S/C20H16BF2N3/c1-14-6-5-7-15(2)20(14)16-9-10-19(26(13-16)21(22)23)17(12-24)18-8-3-4-11-25-18/h3-11,13H,1-2H3/b19-17+. The zero-order valence-electron chi connectivity index (χ0n) is 14.4. The molecule has 128 valence electrons. The van der Waals surface area contributed by atoms with Crippen LogP contribution in [0.5, 0.6) is 0 Å². The number of rotatable bonds is 3. The molecule has 0 fully saturated rings. The van der Waals surface area contributed by atoms with Gasteiger partial charge in [0.25, 0.3) is 0 Å². The largest absolute Gasteiger partial charge is 0.677 e. The topological polar surface area (TPSA) is 39.9 Å². The summed E-state index contributed by atoms with van der Waals surface area (Å²) in [4.78, 5) is 4.95. The first kappa shape index (κ1) is 17.6. The van der Waals surface area contributed by atoms with Crippen molar-refractivity contribution in [2.75, 3.05) is 0 Å².